The summed E-state index contributed by atoms with van der Waals surface area (Å²) in [6.45, 7) is 13.1. The fourth-order valence-corrected chi connectivity index (χ4v) is 4.63. The van der Waals surface area contributed by atoms with Crippen molar-refractivity contribution >= 4 is 11.3 Å². The van der Waals surface area contributed by atoms with Crippen LogP contribution < -0.4 is 5.32 Å². The molecule has 0 saturated heterocycles. The first-order valence-corrected chi connectivity index (χ1v) is 9.52. The second kappa shape index (κ2) is 7.28. The van der Waals surface area contributed by atoms with E-state index in [0.717, 1.165) is 11.8 Å². The van der Waals surface area contributed by atoms with Crippen LogP contribution in [0, 0.1) is 23.2 Å². The predicted octanol–water partition coefficient (Wildman–Crippen LogP) is 5.89. The summed E-state index contributed by atoms with van der Waals surface area (Å²) in [5, 5.41) is 6.05. The highest BCUT2D eigenvalue weighted by molar-refractivity contribution is 7.10. The van der Waals surface area contributed by atoms with Gasteiger partial charge in [-0.3, -0.25) is 0 Å². The van der Waals surface area contributed by atoms with E-state index in [1.165, 1.54) is 37.1 Å². The van der Waals surface area contributed by atoms with Crippen molar-refractivity contribution in [2.75, 3.05) is 6.54 Å². The van der Waals surface area contributed by atoms with Gasteiger partial charge in [0, 0.05) is 10.9 Å². The summed E-state index contributed by atoms with van der Waals surface area (Å²) < 4.78 is 0. The normalized spacial score (nSPS) is 25.2. The number of nitrogens with one attached hydrogen (secondary N) is 1. The third-order valence-corrected chi connectivity index (χ3v) is 6.17. The van der Waals surface area contributed by atoms with E-state index in [4.69, 9.17) is 0 Å². The largest absolute Gasteiger partial charge is 0.309 e. The number of rotatable bonds is 5. The molecule has 0 spiro atoms. The van der Waals surface area contributed by atoms with Gasteiger partial charge in [0.25, 0.3) is 0 Å². The van der Waals surface area contributed by atoms with Gasteiger partial charge < -0.3 is 5.32 Å². The number of thiophene rings is 1. The third-order valence-electron chi connectivity index (χ3n) is 5.21. The molecule has 2 rings (SSSR count). The van der Waals surface area contributed by atoms with Crippen molar-refractivity contribution in [1.29, 1.82) is 0 Å². The molecule has 1 aliphatic carbocycles. The van der Waals surface area contributed by atoms with Crippen LogP contribution in [0.2, 0.25) is 0 Å². The Morgan fingerprint density at radius 1 is 1.19 bits per heavy atom. The van der Waals surface area contributed by atoms with Crippen molar-refractivity contribution in [2.45, 2.75) is 66.3 Å². The lowest BCUT2D eigenvalue weighted by Crippen LogP contribution is -2.33. The zero-order valence-corrected chi connectivity index (χ0v) is 15.3. The highest BCUT2D eigenvalue weighted by atomic mass is 32.1. The minimum Gasteiger partial charge on any atom is -0.309 e. The number of hydrogen-bond acceptors (Lipinski definition) is 2. The Hall–Kier alpha value is -0.340. The van der Waals surface area contributed by atoms with Crippen LogP contribution in [-0.4, -0.2) is 6.54 Å². The van der Waals surface area contributed by atoms with E-state index in [-0.39, 0.29) is 0 Å². The lowest BCUT2D eigenvalue weighted by molar-refractivity contribution is 0.146. The molecule has 21 heavy (non-hydrogen) atoms. The van der Waals surface area contributed by atoms with E-state index >= 15 is 0 Å². The second-order valence-corrected chi connectivity index (χ2v) is 9.21. The molecule has 1 nitrogen and oxygen atoms in total. The summed E-state index contributed by atoms with van der Waals surface area (Å²) in [5.74, 6) is 2.46. The van der Waals surface area contributed by atoms with Crippen LogP contribution in [0.15, 0.2) is 17.5 Å². The lowest BCUT2D eigenvalue weighted by atomic mass is 9.70. The maximum Gasteiger partial charge on any atom is 0.0438 e. The van der Waals surface area contributed by atoms with Crippen molar-refractivity contribution in [3.8, 4) is 0 Å². The van der Waals surface area contributed by atoms with Crippen LogP contribution in [0.5, 0.6) is 0 Å². The molecule has 1 unspecified atom stereocenters. The first kappa shape index (κ1) is 17.0. The summed E-state index contributed by atoms with van der Waals surface area (Å²) in [4.78, 5) is 1.49. The molecule has 1 N–H and O–H groups in total. The average molecular weight is 308 g/mol. The molecule has 0 radical (unpaired) electrons. The Bertz CT molecular complexity index is 394. The summed E-state index contributed by atoms with van der Waals surface area (Å²) in [6.07, 6.45) is 5.65. The molecular formula is C19H33NS. The van der Waals surface area contributed by atoms with Gasteiger partial charge in [-0.05, 0) is 66.8 Å². The highest BCUT2D eigenvalue weighted by Gasteiger charge is 2.30. The van der Waals surface area contributed by atoms with Gasteiger partial charge in [-0.25, -0.2) is 0 Å². The second-order valence-electron chi connectivity index (χ2n) is 8.23. The first-order valence-electron chi connectivity index (χ1n) is 8.64. The van der Waals surface area contributed by atoms with Crippen molar-refractivity contribution in [3.63, 3.8) is 0 Å². The maximum atomic E-state index is 3.86. The Morgan fingerprint density at radius 2 is 1.86 bits per heavy atom. The fraction of sp³-hybridized carbons (Fsp3) is 0.789. The molecule has 1 atom stereocenters. The van der Waals surface area contributed by atoms with Crippen LogP contribution in [0.25, 0.3) is 0 Å². The molecule has 0 amide bonds. The van der Waals surface area contributed by atoms with Gasteiger partial charge in [0.05, 0.1) is 0 Å². The van der Waals surface area contributed by atoms with Crippen LogP contribution >= 0.6 is 11.3 Å². The average Bonchev–Trinajstić information content (AvgIpc) is 2.92. The van der Waals surface area contributed by atoms with Gasteiger partial charge in [-0.15, -0.1) is 11.3 Å². The number of hydrogen-bond donors (Lipinski definition) is 1. The summed E-state index contributed by atoms with van der Waals surface area (Å²) in [5.41, 5.74) is 0.496. The Balaban J connectivity index is 1.81. The smallest absolute Gasteiger partial charge is 0.0438 e. The van der Waals surface area contributed by atoms with E-state index in [2.05, 4.69) is 57.4 Å². The Labute approximate surface area is 135 Å². The molecule has 0 aromatic carbocycles. The molecule has 1 saturated carbocycles. The molecule has 120 valence electrons. The van der Waals surface area contributed by atoms with Crippen molar-refractivity contribution in [2.24, 2.45) is 23.2 Å². The minimum atomic E-state index is 0.496. The zero-order chi connectivity index (χ0) is 15.5. The SMILES string of the molecule is CC(C)C(NCC1CCC(C(C)(C)C)CC1)c1cccs1. The topological polar surface area (TPSA) is 12.0 Å². The molecule has 1 aromatic heterocycles. The molecular weight excluding hydrogens is 274 g/mol. The molecule has 1 aliphatic rings. The monoisotopic (exact) mass is 307 g/mol. The minimum absolute atomic E-state index is 0.496. The van der Waals surface area contributed by atoms with E-state index in [0.29, 0.717) is 17.4 Å². The van der Waals surface area contributed by atoms with Gasteiger partial charge in [-0.1, -0.05) is 40.7 Å². The van der Waals surface area contributed by atoms with Crippen molar-refractivity contribution in [1.82, 2.24) is 5.32 Å². The van der Waals surface area contributed by atoms with E-state index in [1.54, 1.807) is 0 Å². The Kier molecular flexibility index (Phi) is 5.90. The molecule has 0 aliphatic heterocycles. The zero-order valence-electron chi connectivity index (χ0n) is 14.5. The van der Waals surface area contributed by atoms with Gasteiger partial charge in [-0.2, -0.15) is 0 Å². The molecule has 1 fully saturated rings. The van der Waals surface area contributed by atoms with Crippen LogP contribution in [0.1, 0.15) is 71.2 Å². The molecule has 2 heteroatoms. The van der Waals surface area contributed by atoms with Gasteiger partial charge in [0.1, 0.15) is 0 Å². The summed E-state index contributed by atoms with van der Waals surface area (Å²) >= 11 is 1.89. The van der Waals surface area contributed by atoms with Gasteiger partial charge >= 0.3 is 0 Å². The molecule has 0 bridgehead atoms. The quantitative estimate of drug-likeness (QED) is 0.715. The molecule has 1 heterocycles. The maximum absolute atomic E-state index is 3.86. The van der Waals surface area contributed by atoms with E-state index in [1.807, 2.05) is 11.3 Å². The van der Waals surface area contributed by atoms with E-state index in [9.17, 15) is 0 Å². The predicted molar refractivity (Wildman–Crippen MR) is 94.8 cm³/mol. The fourth-order valence-electron chi connectivity index (χ4n) is 3.66. The van der Waals surface area contributed by atoms with Gasteiger partial charge in [0.15, 0.2) is 0 Å². The van der Waals surface area contributed by atoms with Crippen LogP contribution in [-0.2, 0) is 0 Å². The lowest BCUT2D eigenvalue weighted by Gasteiger charge is -2.37. The van der Waals surface area contributed by atoms with Crippen LogP contribution in [0.4, 0.5) is 0 Å². The highest BCUT2D eigenvalue weighted by Crippen LogP contribution is 2.39. The first-order chi connectivity index (χ1) is 9.88. The summed E-state index contributed by atoms with van der Waals surface area (Å²) in [6, 6.07) is 4.98. The molecule has 1 aromatic rings. The van der Waals surface area contributed by atoms with Crippen molar-refractivity contribution < 1.29 is 0 Å². The summed E-state index contributed by atoms with van der Waals surface area (Å²) in [7, 11) is 0. The standard InChI is InChI=1S/C19H33NS/c1-14(2)18(17-7-6-12-21-17)20-13-15-8-10-16(11-9-15)19(3,4)5/h6-7,12,14-16,18,20H,8-11,13H2,1-5H3. The van der Waals surface area contributed by atoms with Gasteiger partial charge in [0.2, 0.25) is 0 Å². The Morgan fingerprint density at radius 3 is 2.33 bits per heavy atom. The van der Waals surface area contributed by atoms with Crippen LogP contribution in [0.3, 0.4) is 0 Å². The van der Waals surface area contributed by atoms with E-state index < -0.39 is 0 Å². The third kappa shape index (κ3) is 4.82. The van der Waals surface area contributed by atoms with Crippen molar-refractivity contribution in [3.05, 3.63) is 22.4 Å².